The molecule has 26 heavy (non-hydrogen) atoms. The number of rotatable bonds is 6. The van der Waals surface area contributed by atoms with Crippen LogP contribution in [0.1, 0.15) is 37.6 Å². The molecule has 1 aromatic heterocycles. The second-order valence-electron chi connectivity index (χ2n) is 6.68. The molecule has 0 saturated heterocycles. The Bertz CT molecular complexity index is 839. The van der Waals surface area contributed by atoms with E-state index in [0.29, 0.717) is 11.4 Å². The van der Waals surface area contributed by atoms with Crippen molar-refractivity contribution >= 4 is 17.6 Å². The van der Waals surface area contributed by atoms with Gasteiger partial charge in [0.2, 0.25) is 5.88 Å². The van der Waals surface area contributed by atoms with Crippen molar-refractivity contribution in [2.24, 2.45) is 7.05 Å². The van der Waals surface area contributed by atoms with Crippen molar-refractivity contribution in [1.82, 2.24) is 9.78 Å². The maximum atomic E-state index is 11.1. The van der Waals surface area contributed by atoms with Crippen LogP contribution in [0.2, 0.25) is 5.02 Å². The summed E-state index contributed by atoms with van der Waals surface area (Å²) in [6.07, 6.45) is -1.11. The number of hydrogen-bond acceptors (Lipinski definition) is 5. The number of hydrogen-bond donors (Lipinski definition) is 2. The zero-order chi connectivity index (χ0) is 19.8. The fourth-order valence-corrected chi connectivity index (χ4v) is 2.62. The Balaban J connectivity index is 2.52. The quantitative estimate of drug-likeness (QED) is 0.793. The second kappa shape index (κ2) is 7.17. The van der Waals surface area contributed by atoms with Crippen molar-refractivity contribution in [3.8, 4) is 17.4 Å². The molecule has 7 nitrogen and oxygen atoms in total. The Morgan fingerprint density at radius 1 is 1.31 bits per heavy atom. The summed E-state index contributed by atoms with van der Waals surface area (Å²) in [5.74, 6) is -0.151. The molecule has 0 amide bonds. The molecule has 0 bridgehead atoms. The Morgan fingerprint density at radius 3 is 2.38 bits per heavy atom. The SMILES string of the molecule is Cc1nn(C)c(Oc2cc(O[C@@H](C)C(=O)O)c(C(C)(C)O)cc2Cl)c1C. The van der Waals surface area contributed by atoms with Crippen LogP contribution in [-0.4, -0.2) is 32.1 Å². The number of benzene rings is 1. The third-order valence-electron chi connectivity index (χ3n) is 4.01. The second-order valence-corrected chi connectivity index (χ2v) is 7.08. The molecule has 0 unspecified atom stereocenters. The van der Waals surface area contributed by atoms with Gasteiger partial charge in [-0.3, -0.25) is 0 Å². The van der Waals surface area contributed by atoms with Crippen LogP contribution in [0.5, 0.6) is 17.4 Å². The number of halogens is 1. The van der Waals surface area contributed by atoms with Gasteiger partial charge in [-0.1, -0.05) is 11.6 Å². The Hall–Kier alpha value is -2.25. The fraction of sp³-hybridized carbons (Fsp3) is 0.444. The molecule has 0 aliphatic heterocycles. The Labute approximate surface area is 157 Å². The summed E-state index contributed by atoms with van der Waals surface area (Å²) in [6, 6.07) is 3.00. The van der Waals surface area contributed by atoms with Gasteiger partial charge >= 0.3 is 5.97 Å². The van der Waals surface area contributed by atoms with Crippen molar-refractivity contribution in [3.05, 3.63) is 34.0 Å². The van der Waals surface area contributed by atoms with Gasteiger partial charge in [-0.05, 0) is 40.7 Å². The highest BCUT2D eigenvalue weighted by molar-refractivity contribution is 6.32. The molecule has 2 aromatic rings. The minimum atomic E-state index is -1.28. The Kier molecular flexibility index (Phi) is 5.53. The lowest BCUT2D eigenvalue weighted by molar-refractivity contribution is -0.144. The van der Waals surface area contributed by atoms with E-state index >= 15 is 0 Å². The molecule has 1 atom stereocenters. The van der Waals surface area contributed by atoms with Crippen LogP contribution in [-0.2, 0) is 17.4 Å². The van der Waals surface area contributed by atoms with E-state index in [1.165, 1.54) is 19.1 Å². The molecule has 0 aliphatic rings. The topological polar surface area (TPSA) is 93.8 Å². The van der Waals surface area contributed by atoms with Gasteiger partial charge in [0.1, 0.15) is 5.75 Å². The van der Waals surface area contributed by atoms with E-state index in [2.05, 4.69) is 5.10 Å². The van der Waals surface area contributed by atoms with Crippen LogP contribution in [0, 0.1) is 13.8 Å². The van der Waals surface area contributed by atoms with E-state index in [1.54, 1.807) is 25.6 Å². The molecule has 0 fully saturated rings. The first-order valence-electron chi connectivity index (χ1n) is 8.05. The number of aromatic nitrogens is 2. The van der Waals surface area contributed by atoms with Crippen LogP contribution in [0.15, 0.2) is 12.1 Å². The lowest BCUT2D eigenvalue weighted by Crippen LogP contribution is -2.25. The van der Waals surface area contributed by atoms with Gasteiger partial charge in [0.25, 0.3) is 0 Å². The van der Waals surface area contributed by atoms with E-state index in [1.807, 2.05) is 13.8 Å². The molecule has 0 aliphatic carbocycles. The number of ether oxygens (including phenoxy) is 2. The van der Waals surface area contributed by atoms with E-state index in [9.17, 15) is 9.90 Å². The molecule has 142 valence electrons. The van der Waals surface area contributed by atoms with Gasteiger partial charge in [-0.25, -0.2) is 9.48 Å². The number of carboxylic acid groups (broad SMARTS) is 1. The molecule has 0 saturated carbocycles. The number of aliphatic carboxylic acids is 1. The zero-order valence-electron chi connectivity index (χ0n) is 15.6. The summed E-state index contributed by atoms with van der Waals surface area (Å²) in [6.45, 7) is 8.27. The van der Waals surface area contributed by atoms with E-state index in [4.69, 9.17) is 26.2 Å². The minimum absolute atomic E-state index is 0.184. The van der Waals surface area contributed by atoms with Gasteiger partial charge in [0.15, 0.2) is 11.9 Å². The molecule has 1 aromatic carbocycles. The predicted octanol–water partition coefficient (Wildman–Crippen LogP) is 3.56. The first-order valence-corrected chi connectivity index (χ1v) is 8.43. The van der Waals surface area contributed by atoms with Gasteiger partial charge < -0.3 is 19.7 Å². The summed E-state index contributed by atoms with van der Waals surface area (Å²) in [7, 11) is 1.75. The molecule has 1 heterocycles. The first kappa shape index (κ1) is 20.1. The normalized spacial score (nSPS) is 12.8. The van der Waals surface area contributed by atoms with Crippen molar-refractivity contribution in [1.29, 1.82) is 0 Å². The van der Waals surface area contributed by atoms with Crippen LogP contribution < -0.4 is 9.47 Å². The van der Waals surface area contributed by atoms with E-state index in [0.717, 1.165) is 11.3 Å². The zero-order valence-corrected chi connectivity index (χ0v) is 16.4. The summed E-state index contributed by atoms with van der Waals surface area (Å²) in [4.78, 5) is 11.1. The number of carboxylic acids is 1. The van der Waals surface area contributed by atoms with E-state index in [-0.39, 0.29) is 16.5 Å². The average Bonchev–Trinajstić information content (AvgIpc) is 2.75. The summed E-state index contributed by atoms with van der Waals surface area (Å²) in [5.41, 5.74) is 0.759. The molecule has 0 radical (unpaired) electrons. The molecule has 8 heteroatoms. The molecular formula is C18H23ClN2O5. The highest BCUT2D eigenvalue weighted by Crippen LogP contribution is 2.40. The first-order chi connectivity index (χ1) is 11.9. The van der Waals surface area contributed by atoms with Crippen LogP contribution >= 0.6 is 11.6 Å². The van der Waals surface area contributed by atoms with Crippen molar-refractivity contribution in [2.45, 2.75) is 46.3 Å². The van der Waals surface area contributed by atoms with Gasteiger partial charge in [0.05, 0.1) is 16.3 Å². The monoisotopic (exact) mass is 382 g/mol. The molecule has 2 N–H and O–H groups in total. The van der Waals surface area contributed by atoms with Crippen LogP contribution in [0.4, 0.5) is 0 Å². The van der Waals surface area contributed by atoms with Crippen molar-refractivity contribution < 1.29 is 24.5 Å². The number of carbonyl (C=O) groups is 1. The molecular weight excluding hydrogens is 360 g/mol. The highest BCUT2D eigenvalue weighted by atomic mass is 35.5. The van der Waals surface area contributed by atoms with E-state index < -0.39 is 17.7 Å². The fourth-order valence-electron chi connectivity index (χ4n) is 2.42. The van der Waals surface area contributed by atoms with Crippen molar-refractivity contribution in [2.75, 3.05) is 0 Å². The standard InChI is InChI=1S/C18H23ClN2O5/c1-9-10(2)20-21(6)16(9)26-15-8-14(25-11(3)17(22)23)12(7-13(15)19)18(4,5)24/h7-8,11,24H,1-6H3,(H,22,23)/t11-/m0/s1. The smallest absolute Gasteiger partial charge is 0.344 e. The van der Waals surface area contributed by atoms with Gasteiger partial charge in [-0.2, -0.15) is 5.10 Å². The lowest BCUT2D eigenvalue weighted by atomic mass is 9.97. The Morgan fingerprint density at radius 2 is 1.92 bits per heavy atom. The number of aliphatic hydroxyl groups is 1. The number of aryl methyl sites for hydroxylation is 2. The minimum Gasteiger partial charge on any atom is -0.479 e. The molecule has 2 rings (SSSR count). The largest absolute Gasteiger partial charge is 0.479 e. The number of nitrogens with zero attached hydrogens (tertiary/aromatic N) is 2. The third-order valence-corrected chi connectivity index (χ3v) is 4.30. The summed E-state index contributed by atoms with van der Waals surface area (Å²) in [5, 5.41) is 24.0. The molecule has 0 spiro atoms. The van der Waals surface area contributed by atoms with Crippen molar-refractivity contribution in [3.63, 3.8) is 0 Å². The third kappa shape index (κ3) is 4.11. The maximum Gasteiger partial charge on any atom is 0.344 e. The van der Waals surface area contributed by atoms with Crippen LogP contribution in [0.3, 0.4) is 0 Å². The predicted molar refractivity (Wildman–Crippen MR) is 97.2 cm³/mol. The van der Waals surface area contributed by atoms with Gasteiger partial charge in [0, 0.05) is 24.2 Å². The van der Waals surface area contributed by atoms with Gasteiger partial charge in [-0.15, -0.1) is 0 Å². The summed E-state index contributed by atoms with van der Waals surface area (Å²) < 4.78 is 13.0. The van der Waals surface area contributed by atoms with Crippen LogP contribution in [0.25, 0.3) is 0 Å². The highest BCUT2D eigenvalue weighted by Gasteiger charge is 2.26. The lowest BCUT2D eigenvalue weighted by Gasteiger charge is -2.24. The average molecular weight is 383 g/mol. The maximum absolute atomic E-state index is 11.1. The summed E-state index contributed by atoms with van der Waals surface area (Å²) >= 11 is 6.33.